The lowest BCUT2D eigenvalue weighted by molar-refractivity contribution is 1.43. The minimum absolute atomic E-state index is 1.07. The Kier molecular flexibility index (Phi) is 2.70. The molecule has 0 spiro atoms. The van der Waals surface area contributed by atoms with Crippen LogP contribution in [0, 0.1) is 5.41 Å². The minimum Gasteiger partial charge on any atom is -0.355 e. The van der Waals surface area contributed by atoms with Crippen LogP contribution in [-0.4, -0.2) is 10.5 Å². The number of para-hydroxylation sites is 1. The Morgan fingerprint density at radius 1 is 1.29 bits per heavy atom. The van der Waals surface area contributed by atoms with Crippen LogP contribution >= 0.6 is 11.8 Å². The van der Waals surface area contributed by atoms with E-state index in [1.54, 1.807) is 0 Å². The number of hydrogen-bond acceptors (Lipinski definition) is 2. The van der Waals surface area contributed by atoms with Crippen molar-refractivity contribution in [2.24, 2.45) is 0 Å². The maximum Gasteiger partial charge on any atom is 0.0548 e. The van der Waals surface area contributed by atoms with Gasteiger partial charge in [-0.25, -0.2) is 0 Å². The number of nitrogens with one attached hydrogen (secondary N) is 2. The van der Waals surface area contributed by atoms with Crippen molar-refractivity contribution in [1.29, 1.82) is 5.41 Å². The smallest absolute Gasteiger partial charge is 0.0548 e. The van der Waals surface area contributed by atoms with Gasteiger partial charge in [0.1, 0.15) is 0 Å². The molecule has 0 bridgehead atoms. The largest absolute Gasteiger partial charge is 0.355 e. The van der Waals surface area contributed by atoms with Gasteiger partial charge in [-0.05, 0) is 29.0 Å². The van der Waals surface area contributed by atoms with Crippen molar-refractivity contribution in [3.8, 4) is 0 Å². The van der Waals surface area contributed by atoms with Crippen LogP contribution < -0.4 is 0 Å². The van der Waals surface area contributed by atoms with E-state index in [4.69, 9.17) is 5.41 Å². The Morgan fingerprint density at radius 3 is 2.93 bits per heavy atom. The van der Waals surface area contributed by atoms with Gasteiger partial charge in [-0.1, -0.05) is 30.0 Å². The average molecular weight is 202 g/mol. The second-order valence-electron chi connectivity index (χ2n) is 2.87. The molecule has 0 aliphatic heterocycles. The molecule has 0 amide bonds. The standard InChI is InChI=1S/C11H10N2S/c12-8-14-6-5-10-7-9-3-1-2-4-11(9)13-10/h1-8,12-13H/b6-5+,12-8?. The summed E-state index contributed by atoms with van der Waals surface area (Å²) in [6, 6.07) is 10.3. The third-order valence-corrected chi connectivity index (χ3v) is 2.37. The molecule has 2 N–H and O–H groups in total. The molecule has 0 saturated heterocycles. The number of benzene rings is 1. The average Bonchev–Trinajstić information content (AvgIpc) is 2.60. The minimum atomic E-state index is 1.07. The summed E-state index contributed by atoms with van der Waals surface area (Å²) < 4.78 is 0. The summed E-state index contributed by atoms with van der Waals surface area (Å²) in [5, 5.41) is 9.95. The number of fused-ring (bicyclic) bond motifs is 1. The lowest BCUT2D eigenvalue weighted by atomic mass is 10.2. The molecule has 1 aromatic carbocycles. The van der Waals surface area contributed by atoms with Gasteiger partial charge in [0.2, 0.25) is 0 Å². The van der Waals surface area contributed by atoms with E-state index in [0.29, 0.717) is 0 Å². The highest BCUT2D eigenvalue weighted by molar-refractivity contribution is 8.14. The second kappa shape index (κ2) is 4.15. The van der Waals surface area contributed by atoms with Crippen molar-refractivity contribution in [2.75, 3.05) is 0 Å². The van der Waals surface area contributed by atoms with E-state index in [0.717, 1.165) is 11.2 Å². The lowest BCUT2D eigenvalue weighted by Crippen LogP contribution is -1.67. The zero-order chi connectivity index (χ0) is 9.80. The Bertz CT molecular complexity index is 438. The molecule has 0 radical (unpaired) electrons. The maximum atomic E-state index is 6.85. The summed E-state index contributed by atoms with van der Waals surface area (Å²) in [5.74, 6) is 0. The van der Waals surface area contributed by atoms with E-state index in [1.807, 2.05) is 23.6 Å². The van der Waals surface area contributed by atoms with E-state index in [9.17, 15) is 0 Å². The van der Waals surface area contributed by atoms with Crippen LogP contribution in [0.5, 0.6) is 0 Å². The highest BCUT2D eigenvalue weighted by Crippen LogP contribution is 2.16. The first-order valence-corrected chi connectivity index (χ1v) is 5.23. The Balaban J connectivity index is 2.31. The van der Waals surface area contributed by atoms with Gasteiger partial charge < -0.3 is 10.4 Å². The molecule has 0 atom stereocenters. The van der Waals surface area contributed by atoms with Gasteiger partial charge in [0.15, 0.2) is 0 Å². The van der Waals surface area contributed by atoms with E-state index < -0.39 is 0 Å². The van der Waals surface area contributed by atoms with Gasteiger partial charge in [-0.2, -0.15) is 0 Å². The molecule has 1 aromatic heterocycles. The number of aromatic amines is 1. The summed E-state index contributed by atoms with van der Waals surface area (Å²) in [5.41, 5.74) is 3.52. The first-order chi connectivity index (χ1) is 6.90. The van der Waals surface area contributed by atoms with Crippen LogP contribution in [-0.2, 0) is 0 Å². The number of aromatic nitrogens is 1. The van der Waals surface area contributed by atoms with Crippen molar-refractivity contribution in [3.63, 3.8) is 0 Å². The Hall–Kier alpha value is -1.48. The first kappa shape index (κ1) is 9.09. The third-order valence-electron chi connectivity index (χ3n) is 1.95. The number of hydrogen-bond donors (Lipinski definition) is 2. The predicted molar refractivity (Wildman–Crippen MR) is 63.7 cm³/mol. The van der Waals surface area contributed by atoms with Crippen LogP contribution in [0.25, 0.3) is 17.0 Å². The highest BCUT2D eigenvalue weighted by atomic mass is 32.2. The van der Waals surface area contributed by atoms with Gasteiger partial charge in [0, 0.05) is 11.2 Å². The SMILES string of the molecule is N=CS/C=C/c1cc2ccccc2[nH]1. The van der Waals surface area contributed by atoms with Crippen LogP contribution in [0.2, 0.25) is 0 Å². The first-order valence-electron chi connectivity index (χ1n) is 4.29. The molecular weight excluding hydrogens is 192 g/mol. The molecule has 2 aromatic rings. The number of H-pyrrole nitrogens is 1. The highest BCUT2D eigenvalue weighted by Gasteiger charge is 1.95. The van der Waals surface area contributed by atoms with E-state index in [2.05, 4.69) is 23.2 Å². The summed E-state index contributed by atoms with van der Waals surface area (Å²) in [4.78, 5) is 3.28. The van der Waals surface area contributed by atoms with E-state index in [-0.39, 0.29) is 0 Å². The topological polar surface area (TPSA) is 39.6 Å². The Morgan fingerprint density at radius 2 is 2.14 bits per heavy atom. The molecule has 2 nitrogen and oxygen atoms in total. The van der Waals surface area contributed by atoms with Crippen molar-refractivity contribution in [3.05, 3.63) is 41.4 Å². The molecule has 0 saturated carbocycles. The van der Waals surface area contributed by atoms with Crippen LogP contribution in [0.1, 0.15) is 5.69 Å². The fourth-order valence-electron chi connectivity index (χ4n) is 1.34. The van der Waals surface area contributed by atoms with Gasteiger partial charge in [-0.3, -0.25) is 0 Å². The van der Waals surface area contributed by atoms with Gasteiger partial charge in [-0.15, -0.1) is 0 Å². The molecule has 14 heavy (non-hydrogen) atoms. The molecule has 2 rings (SSSR count). The van der Waals surface area contributed by atoms with Crippen LogP contribution in [0.3, 0.4) is 0 Å². The van der Waals surface area contributed by atoms with Crippen LogP contribution in [0.4, 0.5) is 0 Å². The normalized spacial score (nSPS) is 11.1. The molecule has 0 fully saturated rings. The van der Waals surface area contributed by atoms with Crippen LogP contribution in [0.15, 0.2) is 35.7 Å². The quantitative estimate of drug-likeness (QED) is 0.580. The van der Waals surface area contributed by atoms with Crippen molar-refractivity contribution in [2.45, 2.75) is 0 Å². The molecule has 70 valence electrons. The van der Waals surface area contributed by atoms with E-state index in [1.165, 1.54) is 22.7 Å². The fourth-order valence-corrected chi connectivity index (χ4v) is 1.64. The molecule has 0 aliphatic rings. The summed E-state index contributed by atoms with van der Waals surface area (Å²) in [7, 11) is 0. The third kappa shape index (κ3) is 1.88. The molecule has 3 heteroatoms. The zero-order valence-electron chi connectivity index (χ0n) is 7.53. The van der Waals surface area contributed by atoms with Gasteiger partial charge >= 0.3 is 0 Å². The predicted octanol–water partition coefficient (Wildman–Crippen LogP) is 3.48. The van der Waals surface area contributed by atoms with Gasteiger partial charge in [0.25, 0.3) is 0 Å². The summed E-state index contributed by atoms with van der Waals surface area (Å²) >= 11 is 1.35. The summed E-state index contributed by atoms with van der Waals surface area (Å²) in [6.07, 6.45) is 1.97. The lowest BCUT2D eigenvalue weighted by Gasteiger charge is -1.84. The number of thioether (sulfide) groups is 1. The zero-order valence-corrected chi connectivity index (χ0v) is 8.34. The monoisotopic (exact) mass is 202 g/mol. The fraction of sp³-hybridized carbons (Fsp3) is 0. The van der Waals surface area contributed by atoms with E-state index >= 15 is 0 Å². The van der Waals surface area contributed by atoms with Crippen molar-refractivity contribution < 1.29 is 0 Å². The second-order valence-corrected chi connectivity index (χ2v) is 3.65. The molecule has 0 aliphatic carbocycles. The molecule has 1 heterocycles. The van der Waals surface area contributed by atoms with Crippen molar-refractivity contribution >= 4 is 34.3 Å². The summed E-state index contributed by atoms with van der Waals surface area (Å²) in [6.45, 7) is 0. The maximum absolute atomic E-state index is 6.85. The van der Waals surface area contributed by atoms with Crippen molar-refractivity contribution in [1.82, 2.24) is 4.98 Å². The Labute approximate surface area is 86.5 Å². The number of rotatable bonds is 3. The van der Waals surface area contributed by atoms with Gasteiger partial charge in [0.05, 0.1) is 5.55 Å². The molecular formula is C11H10N2S. The molecule has 0 unspecified atom stereocenters.